The highest BCUT2D eigenvalue weighted by atomic mass is 32.2. The van der Waals surface area contributed by atoms with E-state index in [-0.39, 0.29) is 11.7 Å². The van der Waals surface area contributed by atoms with Crippen LogP contribution in [-0.2, 0) is 17.8 Å². The molecule has 0 spiro atoms. The van der Waals surface area contributed by atoms with Crippen LogP contribution < -0.4 is 5.32 Å². The number of carbonyl (C=O) groups excluding carboxylic acids is 1. The normalized spacial score (nSPS) is 10.8. The van der Waals surface area contributed by atoms with Crippen molar-refractivity contribution in [1.29, 1.82) is 0 Å². The van der Waals surface area contributed by atoms with Gasteiger partial charge in [-0.25, -0.2) is 4.98 Å². The molecule has 0 aliphatic rings. The van der Waals surface area contributed by atoms with E-state index in [2.05, 4.69) is 20.5 Å². The molecule has 1 aromatic carbocycles. The van der Waals surface area contributed by atoms with Crippen molar-refractivity contribution in [3.8, 4) is 11.3 Å². The zero-order valence-corrected chi connectivity index (χ0v) is 15.7. The van der Waals surface area contributed by atoms with Gasteiger partial charge in [-0.1, -0.05) is 49.0 Å². The molecular weight excluding hydrogens is 354 g/mol. The molecule has 0 fully saturated rings. The molecule has 3 aromatic rings. The number of aryl methyl sites for hydroxylation is 1. The lowest BCUT2D eigenvalue weighted by molar-refractivity contribution is -0.113. The van der Waals surface area contributed by atoms with Crippen LogP contribution in [0.3, 0.4) is 0 Å². The Hall–Kier alpha value is -2.19. The molecule has 0 bridgehead atoms. The number of hydrogen-bond donors (Lipinski definition) is 1. The summed E-state index contributed by atoms with van der Waals surface area (Å²) in [4.78, 5) is 16.7. The van der Waals surface area contributed by atoms with Crippen LogP contribution in [0.4, 0.5) is 5.13 Å². The Morgan fingerprint density at radius 2 is 2.04 bits per heavy atom. The average Bonchev–Trinajstić information content (AvgIpc) is 3.26. The number of thiazole rings is 1. The van der Waals surface area contributed by atoms with Gasteiger partial charge >= 0.3 is 0 Å². The minimum absolute atomic E-state index is 0.0948. The summed E-state index contributed by atoms with van der Waals surface area (Å²) < 4.78 is 2.04. The number of rotatable bonds is 7. The molecule has 130 valence electrons. The van der Waals surface area contributed by atoms with E-state index in [0.717, 1.165) is 35.2 Å². The Morgan fingerprint density at radius 3 is 2.76 bits per heavy atom. The van der Waals surface area contributed by atoms with Crippen LogP contribution >= 0.6 is 23.1 Å². The van der Waals surface area contributed by atoms with E-state index in [1.54, 1.807) is 0 Å². The van der Waals surface area contributed by atoms with Crippen LogP contribution in [0.5, 0.6) is 0 Å². The first-order chi connectivity index (χ1) is 12.2. The first-order valence-corrected chi connectivity index (χ1v) is 9.93. The van der Waals surface area contributed by atoms with Crippen LogP contribution in [0.15, 0.2) is 40.9 Å². The summed E-state index contributed by atoms with van der Waals surface area (Å²) in [5.74, 6) is 1.13. The molecule has 0 atom stereocenters. The minimum Gasteiger partial charge on any atom is -0.306 e. The van der Waals surface area contributed by atoms with E-state index in [4.69, 9.17) is 0 Å². The van der Waals surface area contributed by atoms with E-state index in [1.807, 2.05) is 54.1 Å². The summed E-state index contributed by atoms with van der Waals surface area (Å²) in [7, 11) is 0. The van der Waals surface area contributed by atoms with Crippen LogP contribution in [0, 0.1) is 0 Å². The quantitative estimate of drug-likeness (QED) is 0.639. The summed E-state index contributed by atoms with van der Waals surface area (Å²) in [6.45, 7) is 4.89. The van der Waals surface area contributed by atoms with Gasteiger partial charge in [-0.3, -0.25) is 4.79 Å². The number of benzene rings is 1. The lowest BCUT2D eigenvalue weighted by Crippen LogP contribution is -2.14. The maximum Gasteiger partial charge on any atom is 0.236 e. The summed E-state index contributed by atoms with van der Waals surface area (Å²) >= 11 is 2.82. The number of nitrogens with zero attached hydrogens (tertiary/aromatic N) is 4. The lowest BCUT2D eigenvalue weighted by Gasteiger charge is -2.05. The van der Waals surface area contributed by atoms with Crippen LogP contribution in [0.1, 0.15) is 19.7 Å². The molecule has 2 heterocycles. The van der Waals surface area contributed by atoms with E-state index in [9.17, 15) is 4.79 Å². The Bertz CT molecular complexity index is 844. The van der Waals surface area contributed by atoms with Crippen LogP contribution in [-0.4, -0.2) is 31.4 Å². The van der Waals surface area contributed by atoms with Crippen molar-refractivity contribution >= 4 is 34.1 Å². The molecule has 0 saturated heterocycles. The van der Waals surface area contributed by atoms with Crippen LogP contribution in [0.2, 0.25) is 0 Å². The molecule has 1 N–H and O–H groups in total. The molecule has 0 saturated carbocycles. The maximum absolute atomic E-state index is 12.2. The molecule has 8 heteroatoms. The predicted octanol–water partition coefficient (Wildman–Crippen LogP) is 3.71. The second-order valence-corrected chi connectivity index (χ2v) is 7.04. The van der Waals surface area contributed by atoms with Gasteiger partial charge in [0.2, 0.25) is 5.91 Å². The third kappa shape index (κ3) is 4.26. The molecule has 1 amide bonds. The zero-order valence-electron chi connectivity index (χ0n) is 14.1. The molecule has 0 aliphatic carbocycles. The highest BCUT2D eigenvalue weighted by Crippen LogP contribution is 2.25. The first-order valence-electron chi connectivity index (χ1n) is 8.07. The van der Waals surface area contributed by atoms with Crippen LogP contribution in [0.25, 0.3) is 11.3 Å². The maximum atomic E-state index is 12.2. The average molecular weight is 374 g/mol. The SMILES string of the molecule is CCc1nnc(SCC(=O)Nc2nc(-c3ccccc3)cs2)n1CC. The van der Waals surface area contributed by atoms with E-state index >= 15 is 0 Å². The number of amides is 1. The van der Waals surface area contributed by atoms with Crippen molar-refractivity contribution in [3.63, 3.8) is 0 Å². The number of thioether (sulfide) groups is 1. The molecule has 0 unspecified atom stereocenters. The monoisotopic (exact) mass is 373 g/mol. The zero-order chi connectivity index (χ0) is 17.6. The summed E-state index contributed by atoms with van der Waals surface area (Å²) in [6, 6.07) is 9.91. The number of aromatic nitrogens is 4. The second kappa shape index (κ2) is 8.26. The van der Waals surface area contributed by atoms with E-state index in [0.29, 0.717) is 5.13 Å². The van der Waals surface area contributed by atoms with Crippen molar-refractivity contribution in [2.75, 3.05) is 11.1 Å². The van der Waals surface area contributed by atoms with Gasteiger partial charge in [0.25, 0.3) is 0 Å². The highest BCUT2D eigenvalue weighted by Gasteiger charge is 2.13. The Morgan fingerprint density at radius 1 is 1.24 bits per heavy atom. The van der Waals surface area contributed by atoms with Gasteiger partial charge in [-0.05, 0) is 6.92 Å². The fourth-order valence-electron chi connectivity index (χ4n) is 2.36. The smallest absolute Gasteiger partial charge is 0.236 e. The molecule has 2 aromatic heterocycles. The van der Waals surface area contributed by atoms with Gasteiger partial charge in [-0.2, -0.15) is 0 Å². The van der Waals surface area contributed by atoms with Gasteiger partial charge in [0.1, 0.15) is 5.82 Å². The summed E-state index contributed by atoms with van der Waals surface area (Å²) in [5.41, 5.74) is 1.91. The van der Waals surface area contributed by atoms with Crippen molar-refractivity contribution in [3.05, 3.63) is 41.5 Å². The van der Waals surface area contributed by atoms with E-state index in [1.165, 1.54) is 23.1 Å². The Balaban J connectivity index is 1.58. The third-order valence-electron chi connectivity index (χ3n) is 3.58. The van der Waals surface area contributed by atoms with Gasteiger partial charge < -0.3 is 9.88 Å². The molecule has 0 radical (unpaired) electrons. The molecule has 25 heavy (non-hydrogen) atoms. The standard InChI is InChI=1S/C17H19N5OS2/c1-3-14-20-21-17(22(14)4-2)25-11-15(23)19-16-18-13(10-24-16)12-8-6-5-7-9-12/h5-10H,3-4,11H2,1-2H3,(H,18,19,23). The highest BCUT2D eigenvalue weighted by molar-refractivity contribution is 7.99. The van der Waals surface area contributed by atoms with Crippen molar-refractivity contribution in [2.45, 2.75) is 32.0 Å². The van der Waals surface area contributed by atoms with Crippen molar-refractivity contribution < 1.29 is 4.79 Å². The minimum atomic E-state index is -0.0948. The molecule has 3 rings (SSSR count). The number of carbonyl (C=O) groups is 1. The van der Waals surface area contributed by atoms with Gasteiger partial charge in [-0.15, -0.1) is 21.5 Å². The third-order valence-corrected chi connectivity index (χ3v) is 5.30. The number of hydrogen-bond acceptors (Lipinski definition) is 6. The molecule has 0 aliphatic heterocycles. The predicted molar refractivity (Wildman–Crippen MR) is 102 cm³/mol. The molecular formula is C17H19N5OS2. The Labute approximate surface area is 154 Å². The number of anilines is 1. The fourth-order valence-corrected chi connectivity index (χ4v) is 3.92. The van der Waals surface area contributed by atoms with Gasteiger partial charge in [0.15, 0.2) is 10.3 Å². The summed E-state index contributed by atoms with van der Waals surface area (Å²) in [6.07, 6.45) is 0.828. The lowest BCUT2D eigenvalue weighted by atomic mass is 10.2. The fraction of sp³-hybridized carbons (Fsp3) is 0.294. The van der Waals surface area contributed by atoms with Crippen molar-refractivity contribution in [1.82, 2.24) is 19.7 Å². The van der Waals surface area contributed by atoms with E-state index < -0.39 is 0 Å². The largest absolute Gasteiger partial charge is 0.306 e. The molecule has 6 nitrogen and oxygen atoms in total. The second-order valence-electron chi connectivity index (χ2n) is 5.24. The first kappa shape index (κ1) is 17.6. The van der Waals surface area contributed by atoms with Gasteiger partial charge in [0, 0.05) is 23.9 Å². The van der Waals surface area contributed by atoms with Gasteiger partial charge in [0.05, 0.1) is 11.4 Å². The van der Waals surface area contributed by atoms with Crippen molar-refractivity contribution in [2.24, 2.45) is 0 Å². The topological polar surface area (TPSA) is 72.7 Å². The number of nitrogens with one attached hydrogen (secondary N) is 1. The Kier molecular flexibility index (Phi) is 5.83. The summed E-state index contributed by atoms with van der Waals surface area (Å²) in [5, 5.41) is 14.5.